The van der Waals surface area contributed by atoms with Crippen LogP contribution in [-0.4, -0.2) is 62.4 Å². The second-order valence-corrected chi connectivity index (χ2v) is 7.01. The van der Waals surface area contributed by atoms with E-state index in [9.17, 15) is 4.79 Å². The summed E-state index contributed by atoms with van der Waals surface area (Å²) in [5, 5.41) is 6.98. The molecular weight excluding hydrogens is 356 g/mol. The third-order valence-electron chi connectivity index (χ3n) is 4.45. The van der Waals surface area contributed by atoms with Gasteiger partial charge in [-0.2, -0.15) is 0 Å². The first-order chi connectivity index (χ1) is 12.5. The number of esters is 1. The number of hydrogen-bond donors (Lipinski definition) is 2. The molecule has 2 saturated heterocycles. The van der Waals surface area contributed by atoms with E-state index in [0.29, 0.717) is 18.3 Å². The van der Waals surface area contributed by atoms with Crippen molar-refractivity contribution >= 4 is 29.0 Å². The summed E-state index contributed by atoms with van der Waals surface area (Å²) in [6.07, 6.45) is -0.676. The number of ether oxygens (including phenoxy) is 4. The summed E-state index contributed by atoms with van der Waals surface area (Å²) < 4.78 is 21.7. The standard InChI is InChI=1S/C18H24N2O5S/c1-10-4-11(2)6-12(5-10)19-18(26)20-13-7-24-17-14(8-25-16(13)17)23-9-15(21)22-3/h4-6,13-14,16-17H,7-9H2,1-3H3,(H2,19,20,26). The Morgan fingerprint density at radius 3 is 2.58 bits per heavy atom. The van der Waals surface area contributed by atoms with Gasteiger partial charge >= 0.3 is 5.97 Å². The summed E-state index contributed by atoms with van der Waals surface area (Å²) in [4.78, 5) is 11.2. The number of methoxy groups -OCH3 is 1. The van der Waals surface area contributed by atoms with Gasteiger partial charge in [0.25, 0.3) is 0 Å². The van der Waals surface area contributed by atoms with Gasteiger partial charge in [-0.05, 0) is 49.3 Å². The van der Waals surface area contributed by atoms with E-state index in [1.54, 1.807) is 0 Å². The maximum Gasteiger partial charge on any atom is 0.331 e. The van der Waals surface area contributed by atoms with Gasteiger partial charge in [0.2, 0.25) is 0 Å². The summed E-state index contributed by atoms with van der Waals surface area (Å²) in [5.74, 6) is -0.417. The zero-order chi connectivity index (χ0) is 18.7. The highest BCUT2D eigenvalue weighted by molar-refractivity contribution is 7.80. The van der Waals surface area contributed by atoms with E-state index in [-0.39, 0.29) is 31.0 Å². The molecule has 2 fully saturated rings. The Labute approximate surface area is 158 Å². The van der Waals surface area contributed by atoms with Crippen molar-refractivity contribution in [3.05, 3.63) is 29.3 Å². The van der Waals surface area contributed by atoms with Gasteiger partial charge < -0.3 is 29.6 Å². The Hall–Kier alpha value is -1.74. The van der Waals surface area contributed by atoms with Gasteiger partial charge in [0.05, 0.1) is 26.4 Å². The summed E-state index contributed by atoms with van der Waals surface area (Å²) >= 11 is 5.42. The fraction of sp³-hybridized carbons (Fsp3) is 0.556. The Balaban J connectivity index is 1.52. The number of benzene rings is 1. The molecule has 4 atom stereocenters. The summed E-state index contributed by atoms with van der Waals surface area (Å²) in [6.45, 7) is 4.82. The minimum Gasteiger partial charge on any atom is -0.467 e. The first-order valence-corrected chi connectivity index (χ1v) is 8.94. The van der Waals surface area contributed by atoms with Gasteiger partial charge in [-0.15, -0.1) is 0 Å². The quantitative estimate of drug-likeness (QED) is 0.585. The highest BCUT2D eigenvalue weighted by Gasteiger charge is 2.48. The lowest BCUT2D eigenvalue weighted by molar-refractivity contribution is -0.150. The molecule has 2 aliphatic rings. The smallest absolute Gasteiger partial charge is 0.331 e. The van der Waals surface area contributed by atoms with Crippen LogP contribution in [0.3, 0.4) is 0 Å². The number of thiocarbonyl (C=S) groups is 1. The monoisotopic (exact) mass is 380 g/mol. The molecule has 0 aromatic heterocycles. The van der Waals surface area contributed by atoms with Crippen molar-refractivity contribution in [1.29, 1.82) is 0 Å². The number of carbonyl (C=O) groups is 1. The van der Waals surface area contributed by atoms with Gasteiger partial charge in [-0.3, -0.25) is 0 Å². The van der Waals surface area contributed by atoms with Crippen LogP contribution in [-0.2, 0) is 23.7 Å². The number of anilines is 1. The largest absolute Gasteiger partial charge is 0.467 e. The van der Waals surface area contributed by atoms with Crippen LogP contribution in [0.5, 0.6) is 0 Å². The first kappa shape index (κ1) is 19.0. The molecule has 0 saturated carbocycles. The molecule has 0 radical (unpaired) electrons. The molecule has 0 aliphatic carbocycles. The lowest BCUT2D eigenvalue weighted by Gasteiger charge is -2.20. The van der Waals surface area contributed by atoms with Gasteiger partial charge in [-0.25, -0.2) is 4.79 Å². The predicted octanol–water partition coefficient (Wildman–Crippen LogP) is 1.31. The minimum absolute atomic E-state index is 0.0716. The minimum atomic E-state index is -0.417. The van der Waals surface area contributed by atoms with E-state index < -0.39 is 5.97 Å². The molecule has 2 N–H and O–H groups in total. The van der Waals surface area contributed by atoms with Crippen molar-refractivity contribution in [1.82, 2.24) is 5.32 Å². The highest BCUT2D eigenvalue weighted by atomic mass is 32.1. The van der Waals surface area contributed by atoms with Crippen molar-refractivity contribution in [3.8, 4) is 0 Å². The fourth-order valence-corrected chi connectivity index (χ4v) is 3.62. The summed E-state index contributed by atoms with van der Waals surface area (Å²) in [7, 11) is 1.33. The van der Waals surface area contributed by atoms with Gasteiger partial charge in [-0.1, -0.05) is 6.07 Å². The molecule has 142 valence electrons. The molecule has 1 aromatic carbocycles. The lowest BCUT2D eigenvalue weighted by atomic mass is 10.1. The Morgan fingerprint density at radius 2 is 1.88 bits per heavy atom. The first-order valence-electron chi connectivity index (χ1n) is 8.53. The maximum atomic E-state index is 11.2. The molecule has 0 bridgehead atoms. The van der Waals surface area contributed by atoms with Crippen LogP contribution < -0.4 is 10.6 Å². The predicted molar refractivity (Wildman–Crippen MR) is 100 cm³/mol. The zero-order valence-electron chi connectivity index (χ0n) is 15.1. The van der Waals surface area contributed by atoms with Gasteiger partial charge in [0.1, 0.15) is 24.9 Å². The molecule has 4 unspecified atom stereocenters. The van der Waals surface area contributed by atoms with E-state index in [1.807, 2.05) is 26.0 Å². The van der Waals surface area contributed by atoms with Crippen LogP contribution in [0.25, 0.3) is 0 Å². The molecule has 0 amide bonds. The van der Waals surface area contributed by atoms with Crippen LogP contribution in [0.2, 0.25) is 0 Å². The Bertz CT molecular complexity index is 663. The Morgan fingerprint density at radius 1 is 1.19 bits per heavy atom. The van der Waals surface area contributed by atoms with Crippen LogP contribution in [0, 0.1) is 13.8 Å². The van der Waals surface area contributed by atoms with Crippen molar-refractivity contribution in [2.75, 3.05) is 32.2 Å². The van der Waals surface area contributed by atoms with E-state index >= 15 is 0 Å². The number of nitrogens with one attached hydrogen (secondary N) is 2. The lowest BCUT2D eigenvalue weighted by Crippen LogP contribution is -2.46. The molecule has 2 aliphatic heterocycles. The number of rotatable bonds is 5. The van der Waals surface area contributed by atoms with Crippen LogP contribution in [0.15, 0.2) is 18.2 Å². The molecule has 1 aromatic rings. The van der Waals surface area contributed by atoms with Crippen molar-refractivity contribution in [2.45, 2.75) is 38.2 Å². The zero-order valence-corrected chi connectivity index (χ0v) is 15.9. The van der Waals surface area contributed by atoms with Gasteiger partial charge in [0, 0.05) is 5.69 Å². The van der Waals surface area contributed by atoms with Crippen LogP contribution in [0.4, 0.5) is 5.69 Å². The second-order valence-electron chi connectivity index (χ2n) is 6.60. The number of aryl methyl sites for hydroxylation is 2. The molecule has 3 rings (SSSR count). The molecule has 0 spiro atoms. The van der Waals surface area contributed by atoms with Crippen molar-refractivity contribution in [2.24, 2.45) is 0 Å². The van der Waals surface area contributed by atoms with E-state index in [0.717, 1.165) is 5.69 Å². The van der Waals surface area contributed by atoms with E-state index in [1.165, 1.54) is 18.2 Å². The number of fused-ring (bicyclic) bond motifs is 1. The SMILES string of the molecule is COC(=O)COC1COC2C(NC(=S)Nc3cc(C)cc(C)c3)COC12. The normalized spacial score (nSPS) is 27.0. The molecule has 7 nitrogen and oxygen atoms in total. The molecule has 8 heteroatoms. The molecular formula is C18H24N2O5S. The van der Waals surface area contributed by atoms with E-state index in [2.05, 4.69) is 21.4 Å². The maximum absolute atomic E-state index is 11.2. The van der Waals surface area contributed by atoms with E-state index in [4.69, 9.17) is 26.4 Å². The van der Waals surface area contributed by atoms with Crippen molar-refractivity contribution < 1.29 is 23.7 Å². The summed E-state index contributed by atoms with van der Waals surface area (Å²) in [6, 6.07) is 6.12. The molecule has 26 heavy (non-hydrogen) atoms. The Kier molecular flexibility index (Phi) is 6.08. The highest BCUT2D eigenvalue weighted by Crippen LogP contribution is 2.29. The second kappa shape index (κ2) is 8.30. The molecule has 2 heterocycles. The topological polar surface area (TPSA) is 78.1 Å². The van der Waals surface area contributed by atoms with Crippen LogP contribution in [0.1, 0.15) is 11.1 Å². The number of hydrogen-bond acceptors (Lipinski definition) is 6. The van der Waals surface area contributed by atoms with Crippen molar-refractivity contribution in [3.63, 3.8) is 0 Å². The van der Waals surface area contributed by atoms with Gasteiger partial charge in [0.15, 0.2) is 5.11 Å². The summed E-state index contributed by atoms with van der Waals surface area (Å²) in [5.41, 5.74) is 3.29. The fourth-order valence-electron chi connectivity index (χ4n) is 3.35. The average Bonchev–Trinajstić information content (AvgIpc) is 3.14. The third-order valence-corrected chi connectivity index (χ3v) is 4.67. The van der Waals surface area contributed by atoms with Crippen LogP contribution >= 0.6 is 12.2 Å². The number of carbonyl (C=O) groups excluding carboxylic acids is 1. The third kappa shape index (κ3) is 4.50. The average molecular weight is 380 g/mol.